The van der Waals surface area contributed by atoms with Crippen molar-refractivity contribution >= 4 is 17.5 Å². The third kappa shape index (κ3) is 5.43. The predicted octanol–water partition coefficient (Wildman–Crippen LogP) is 2.96. The summed E-state index contributed by atoms with van der Waals surface area (Å²) in [6.45, 7) is 4.30. The average molecular weight is 326 g/mol. The maximum atomic E-state index is 12.0. The zero-order chi connectivity index (χ0) is 17.5. The second-order valence-electron chi connectivity index (χ2n) is 5.73. The van der Waals surface area contributed by atoms with Crippen molar-refractivity contribution in [2.75, 3.05) is 12.4 Å². The van der Waals surface area contributed by atoms with Gasteiger partial charge in [-0.2, -0.15) is 0 Å². The summed E-state index contributed by atoms with van der Waals surface area (Å²) in [7, 11) is 1.60. The van der Waals surface area contributed by atoms with Gasteiger partial charge in [0.2, 0.25) is 11.8 Å². The Balaban J connectivity index is 1.81. The van der Waals surface area contributed by atoms with Crippen molar-refractivity contribution in [2.24, 2.45) is 0 Å². The summed E-state index contributed by atoms with van der Waals surface area (Å²) in [5, 5.41) is 5.49. The van der Waals surface area contributed by atoms with E-state index >= 15 is 0 Å². The molecular weight excluding hydrogens is 304 g/mol. The van der Waals surface area contributed by atoms with Gasteiger partial charge in [-0.25, -0.2) is 0 Å². The van der Waals surface area contributed by atoms with Gasteiger partial charge in [-0.05, 0) is 54.8 Å². The molecule has 0 atom stereocenters. The molecule has 0 radical (unpaired) electrons. The molecule has 126 valence electrons. The summed E-state index contributed by atoms with van der Waals surface area (Å²) >= 11 is 0. The molecule has 5 nitrogen and oxygen atoms in total. The molecule has 2 aromatic rings. The third-order valence-corrected chi connectivity index (χ3v) is 3.48. The number of carbonyl (C=O) groups excluding carboxylic acids is 2. The van der Waals surface area contributed by atoms with E-state index in [0.29, 0.717) is 12.2 Å². The number of ether oxygens (including phenoxy) is 1. The van der Waals surface area contributed by atoms with Crippen LogP contribution in [0.25, 0.3) is 0 Å². The molecule has 2 aromatic carbocycles. The molecule has 24 heavy (non-hydrogen) atoms. The van der Waals surface area contributed by atoms with Crippen LogP contribution in [0.15, 0.2) is 42.5 Å². The number of anilines is 1. The first-order chi connectivity index (χ1) is 11.5. The number of benzene rings is 2. The quantitative estimate of drug-likeness (QED) is 0.802. The van der Waals surface area contributed by atoms with Gasteiger partial charge in [0.15, 0.2) is 0 Å². The molecule has 0 aliphatic carbocycles. The first-order valence-electron chi connectivity index (χ1n) is 7.74. The maximum absolute atomic E-state index is 12.0. The van der Waals surface area contributed by atoms with E-state index in [4.69, 9.17) is 4.74 Å². The lowest BCUT2D eigenvalue weighted by atomic mass is 10.1. The van der Waals surface area contributed by atoms with E-state index in [1.54, 1.807) is 7.11 Å². The SMILES string of the molecule is COc1ccc(CNC(=O)CC(=O)Nc2cc(C)cc(C)c2)cc1. The Hall–Kier alpha value is -2.82. The fourth-order valence-electron chi connectivity index (χ4n) is 2.40. The number of amides is 2. The van der Waals surface area contributed by atoms with Crippen LogP contribution in [0.1, 0.15) is 23.1 Å². The van der Waals surface area contributed by atoms with Crippen LogP contribution >= 0.6 is 0 Å². The molecule has 0 unspecified atom stereocenters. The van der Waals surface area contributed by atoms with Gasteiger partial charge >= 0.3 is 0 Å². The topological polar surface area (TPSA) is 67.4 Å². The van der Waals surface area contributed by atoms with Crippen LogP contribution in [0, 0.1) is 13.8 Å². The van der Waals surface area contributed by atoms with Gasteiger partial charge in [-0.3, -0.25) is 9.59 Å². The molecule has 0 aliphatic rings. The number of aryl methyl sites for hydroxylation is 2. The molecule has 0 bridgehead atoms. The van der Waals surface area contributed by atoms with Crippen molar-refractivity contribution in [1.29, 1.82) is 0 Å². The first-order valence-corrected chi connectivity index (χ1v) is 7.74. The molecule has 0 spiro atoms. The largest absolute Gasteiger partial charge is 0.497 e. The molecule has 2 N–H and O–H groups in total. The van der Waals surface area contributed by atoms with Crippen molar-refractivity contribution in [3.63, 3.8) is 0 Å². The zero-order valence-electron chi connectivity index (χ0n) is 14.2. The van der Waals surface area contributed by atoms with Crippen LogP contribution in [0.3, 0.4) is 0 Å². The Bertz CT molecular complexity index is 704. The van der Waals surface area contributed by atoms with Crippen molar-refractivity contribution < 1.29 is 14.3 Å². The Morgan fingerprint density at radius 2 is 1.58 bits per heavy atom. The van der Waals surface area contributed by atoms with Crippen LogP contribution < -0.4 is 15.4 Å². The van der Waals surface area contributed by atoms with E-state index in [1.807, 2.05) is 56.3 Å². The zero-order valence-corrected chi connectivity index (χ0v) is 14.2. The summed E-state index contributed by atoms with van der Waals surface area (Å²) in [6.07, 6.45) is -0.205. The lowest BCUT2D eigenvalue weighted by molar-refractivity contribution is -0.126. The molecule has 0 aliphatic heterocycles. The lowest BCUT2D eigenvalue weighted by Crippen LogP contribution is -2.27. The summed E-state index contributed by atoms with van der Waals surface area (Å²) in [5.41, 5.74) is 3.78. The van der Waals surface area contributed by atoms with Gasteiger partial charge in [-0.1, -0.05) is 18.2 Å². The summed E-state index contributed by atoms with van der Waals surface area (Å²) in [6, 6.07) is 13.2. The van der Waals surface area contributed by atoms with E-state index in [-0.39, 0.29) is 18.2 Å². The van der Waals surface area contributed by atoms with Crippen molar-refractivity contribution in [3.8, 4) is 5.75 Å². The minimum absolute atomic E-state index is 0.205. The van der Waals surface area contributed by atoms with Gasteiger partial charge in [-0.15, -0.1) is 0 Å². The number of nitrogens with one attached hydrogen (secondary N) is 2. The lowest BCUT2D eigenvalue weighted by Gasteiger charge is -2.09. The van der Waals surface area contributed by atoms with Gasteiger partial charge in [0.05, 0.1) is 7.11 Å². The van der Waals surface area contributed by atoms with Crippen LogP contribution in [0.2, 0.25) is 0 Å². The fourth-order valence-corrected chi connectivity index (χ4v) is 2.40. The van der Waals surface area contributed by atoms with E-state index in [1.165, 1.54) is 0 Å². The van der Waals surface area contributed by atoms with E-state index in [0.717, 1.165) is 22.4 Å². The van der Waals surface area contributed by atoms with Crippen LogP contribution in [0.4, 0.5) is 5.69 Å². The highest BCUT2D eigenvalue weighted by molar-refractivity contribution is 6.03. The highest BCUT2D eigenvalue weighted by Crippen LogP contribution is 2.14. The number of carbonyl (C=O) groups is 2. The second-order valence-corrected chi connectivity index (χ2v) is 5.73. The minimum Gasteiger partial charge on any atom is -0.497 e. The van der Waals surface area contributed by atoms with Crippen molar-refractivity contribution in [3.05, 3.63) is 59.2 Å². The Labute approximate surface area is 142 Å². The molecule has 5 heteroatoms. The molecule has 0 heterocycles. The van der Waals surface area contributed by atoms with Crippen molar-refractivity contribution in [1.82, 2.24) is 5.32 Å². The van der Waals surface area contributed by atoms with Crippen molar-refractivity contribution in [2.45, 2.75) is 26.8 Å². The van der Waals surface area contributed by atoms with E-state index in [2.05, 4.69) is 10.6 Å². The van der Waals surface area contributed by atoms with Gasteiger partial charge in [0.25, 0.3) is 0 Å². The summed E-state index contributed by atoms with van der Waals surface area (Å²) in [4.78, 5) is 23.8. The Morgan fingerprint density at radius 1 is 0.958 bits per heavy atom. The first kappa shape index (κ1) is 17.5. The Morgan fingerprint density at radius 3 is 2.17 bits per heavy atom. The predicted molar refractivity (Wildman–Crippen MR) is 94.0 cm³/mol. The monoisotopic (exact) mass is 326 g/mol. The maximum Gasteiger partial charge on any atom is 0.233 e. The number of hydrogen-bond donors (Lipinski definition) is 2. The summed E-state index contributed by atoms with van der Waals surface area (Å²) in [5.74, 6) is 0.123. The number of methoxy groups -OCH3 is 1. The minimum atomic E-state index is -0.327. The number of rotatable bonds is 6. The highest BCUT2D eigenvalue weighted by Gasteiger charge is 2.10. The van der Waals surface area contributed by atoms with Gasteiger partial charge < -0.3 is 15.4 Å². The van der Waals surface area contributed by atoms with E-state index in [9.17, 15) is 9.59 Å². The normalized spacial score (nSPS) is 10.1. The molecule has 2 rings (SSSR count). The Kier molecular flexibility index (Phi) is 5.95. The average Bonchev–Trinajstić information content (AvgIpc) is 2.52. The molecule has 0 saturated heterocycles. The highest BCUT2D eigenvalue weighted by atomic mass is 16.5. The van der Waals surface area contributed by atoms with Gasteiger partial charge in [0.1, 0.15) is 12.2 Å². The number of hydrogen-bond acceptors (Lipinski definition) is 3. The standard InChI is InChI=1S/C19H22N2O3/c1-13-8-14(2)10-16(9-13)21-19(23)11-18(22)20-12-15-4-6-17(24-3)7-5-15/h4-10H,11-12H2,1-3H3,(H,20,22)(H,21,23). The summed E-state index contributed by atoms with van der Waals surface area (Å²) < 4.78 is 5.08. The van der Waals surface area contributed by atoms with Crippen LogP contribution in [0.5, 0.6) is 5.75 Å². The van der Waals surface area contributed by atoms with Crippen LogP contribution in [-0.2, 0) is 16.1 Å². The van der Waals surface area contributed by atoms with Crippen LogP contribution in [-0.4, -0.2) is 18.9 Å². The molecule has 0 fully saturated rings. The fraction of sp³-hybridized carbons (Fsp3) is 0.263. The second kappa shape index (κ2) is 8.15. The third-order valence-electron chi connectivity index (χ3n) is 3.48. The molecule has 2 amide bonds. The molecule has 0 saturated carbocycles. The van der Waals surface area contributed by atoms with E-state index < -0.39 is 0 Å². The van der Waals surface area contributed by atoms with Gasteiger partial charge in [0, 0.05) is 12.2 Å². The molecule has 0 aromatic heterocycles. The molecular formula is C19H22N2O3. The smallest absolute Gasteiger partial charge is 0.233 e.